The minimum atomic E-state index is -4.41. The molecule has 2 heterocycles. The number of benzene rings is 1. The third-order valence-corrected chi connectivity index (χ3v) is 3.67. The first kappa shape index (κ1) is 16.8. The summed E-state index contributed by atoms with van der Waals surface area (Å²) in [5.41, 5.74) is 0.783. The lowest BCUT2D eigenvalue weighted by Gasteiger charge is -2.12. The fraction of sp³-hybridized carbons (Fsp3) is 0.176. The van der Waals surface area contributed by atoms with Crippen molar-refractivity contribution in [2.45, 2.75) is 12.6 Å². The van der Waals surface area contributed by atoms with Crippen LogP contribution in [0, 0.1) is 0 Å². The van der Waals surface area contributed by atoms with E-state index < -0.39 is 11.7 Å². The number of methoxy groups -OCH3 is 1. The van der Waals surface area contributed by atoms with Crippen molar-refractivity contribution in [3.05, 3.63) is 60.0 Å². The van der Waals surface area contributed by atoms with Crippen LogP contribution in [0.1, 0.15) is 11.3 Å². The first-order valence-corrected chi connectivity index (χ1v) is 7.34. The van der Waals surface area contributed by atoms with Crippen molar-refractivity contribution in [1.29, 1.82) is 0 Å². The van der Waals surface area contributed by atoms with E-state index in [0.29, 0.717) is 17.1 Å². The molecule has 0 unspecified atom stereocenters. The Balaban J connectivity index is 1.78. The summed E-state index contributed by atoms with van der Waals surface area (Å²) < 4.78 is 44.7. The molecule has 1 amide bonds. The zero-order valence-electron chi connectivity index (χ0n) is 13.2. The molecule has 0 fully saturated rings. The van der Waals surface area contributed by atoms with Gasteiger partial charge in [0.1, 0.15) is 11.4 Å². The number of rotatable bonds is 4. The fourth-order valence-electron chi connectivity index (χ4n) is 2.49. The summed E-state index contributed by atoms with van der Waals surface area (Å²) in [6.07, 6.45) is -1.12. The Morgan fingerprint density at radius 2 is 1.92 bits per heavy atom. The topological polar surface area (TPSA) is 55.6 Å². The molecule has 0 radical (unpaired) electrons. The maximum atomic E-state index is 12.6. The van der Waals surface area contributed by atoms with Crippen LogP contribution >= 0.6 is 0 Å². The molecule has 5 nitrogen and oxygen atoms in total. The molecule has 0 saturated carbocycles. The number of hydrogen-bond acceptors (Lipinski definition) is 3. The third-order valence-electron chi connectivity index (χ3n) is 3.67. The maximum Gasteiger partial charge on any atom is 0.416 e. The number of anilines is 1. The summed E-state index contributed by atoms with van der Waals surface area (Å²) in [5, 5.41) is 2.58. The number of imidazole rings is 1. The van der Waals surface area contributed by atoms with E-state index in [2.05, 4.69) is 10.3 Å². The first-order valence-electron chi connectivity index (χ1n) is 7.34. The van der Waals surface area contributed by atoms with Gasteiger partial charge in [0.2, 0.25) is 5.91 Å². The number of nitrogens with one attached hydrogen (secondary N) is 1. The van der Waals surface area contributed by atoms with Crippen LogP contribution in [-0.4, -0.2) is 22.4 Å². The first-order chi connectivity index (χ1) is 11.9. The van der Waals surface area contributed by atoms with E-state index in [0.717, 1.165) is 12.1 Å². The molecule has 25 heavy (non-hydrogen) atoms. The normalized spacial score (nSPS) is 11.5. The Labute approximate surface area is 141 Å². The van der Waals surface area contributed by atoms with E-state index >= 15 is 0 Å². The van der Waals surface area contributed by atoms with E-state index in [1.807, 2.05) is 0 Å². The van der Waals surface area contributed by atoms with Gasteiger partial charge in [-0.25, -0.2) is 4.98 Å². The zero-order chi connectivity index (χ0) is 18.0. The number of alkyl halides is 3. The van der Waals surface area contributed by atoms with Crippen molar-refractivity contribution in [3.63, 3.8) is 0 Å². The predicted octanol–water partition coefficient (Wildman–Crippen LogP) is 3.54. The summed E-state index contributed by atoms with van der Waals surface area (Å²) in [6.45, 7) is 0. The van der Waals surface area contributed by atoms with Gasteiger partial charge in [-0.05, 0) is 36.4 Å². The molecule has 130 valence electrons. The highest BCUT2D eigenvalue weighted by molar-refractivity contribution is 5.92. The molecule has 1 N–H and O–H groups in total. The van der Waals surface area contributed by atoms with E-state index in [-0.39, 0.29) is 18.0 Å². The smallest absolute Gasteiger partial charge is 0.416 e. The minimum Gasteiger partial charge on any atom is -0.495 e. The number of carbonyl (C=O) groups is 1. The second-order valence-electron chi connectivity index (χ2n) is 5.30. The molecule has 3 aromatic rings. The molecule has 2 aromatic heterocycles. The minimum absolute atomic E-state index is 0.0160. The van der Waals surface area contributed by atoms with Gasteiger partial charge in [-0.1, -0.05) is 0 Å². The number of carbonyl (C=O) groups excluding carboxylic acids is 1. The standard InChI is InChI=1S/C17H14F3N3O2/c1-25-14-6-7-15-21-8-9-23(15)13(14)10-16(24)22-12-4-2-11(3-5-12)17(18,19)20/h2-9H,10H2,1H3,(H,22,24). The van der Waals surface area contributed by atoms with Crippen LogP contribution in [0.15, 0.2) is 48.8 Å². The highest BCUT2D eigenvalue weighted by Gasteiger charge is 2.30. The van der Waals surface area contributed by atoms with E-state index in [9.17, 15) is 18.0 Å². The lowest BCUT2D eigenvalue weighted by molar-refractivity contribution is -0.137. The molecule has 0 spiro atoms. The van der Waals surface area contributed by atoms with Gasteiger partial charge in [0, 0.05) is 18.1 Å². The van der Waals surface area contributed by atoms with Gasteiger partial charge in [-0.15, -0.1) is 0 Å². The Bertz CT molecular complexity index is 902. The molecular weight excluding hydrogens is 335 g/mol. The number of halogens is 3. The third kappa shape index (κ3) is 3.57. The average molecular weight is 349 g/mol. The second-order valence-corrected chi connectivity index (χ2v) is 5.30. The number of aromatic nitrogens is 2. The average Bonchev–Trinajstić information content (AvgIpc) is 3.04. The van der Waals surface area contributed by atoms with Crippen LogP contribution in [0.2, 0.25) is 0 Å². The largest absolute Gasteiger partial charge is 0.495 e. The molecule has 0 bridgehead atoms. The van der Waals surface area contributed by atoms with E-state index in [1.54, 1.807) is 28.9 Å². The Hall–Kier alpha value is -3.03. The van der Waals surface area contributed by atoms with Crippen LogP contribution in [-0.2, 0) is 17.4 Å². The van der Waals surface area contributed by atoms with Gasteiger partial charge >= 0.3 is 6.18 Å². The molecule has 0 atom stereocenters. The molecule has 0 saturated heterocycles. The number of fused-ring (bicyclic) bond motifs is 1. The Morgan fingerprint density at radius 1 is 1.20 bits per heavy atom. The van der Waals surface area contributed by atoms with E-state index in [1.165, 1.54) is 19.2 Å². The van der Waals surface area contributed by atoms with Crippen LogP contribution < -0.4 is 10.1 Å². The quantitative estimate of drug-likeness (QED) is 0.784. The van der Waals surface area contributed by atoms with Crippen LogP contribution in [0.4, 0.5) is 18.9 Å². The van der Waals surface area contributed by atoms with Gasteiger partial charge in [0.15, 0.2) is 0 Å². The van der Waals surface area contributed by atoms with Crippen molar-refractivity contribution >= 4 is 17.2 Å². The number of amides is 1. The molecule has 0 aliphatic heterocycles. The van der Waals surface area contributed by atoms with Crippen LogP contribution in [0.3, 0.4) is 0 Å². The summed E-state index contributed by atoms with van der Waals surface area (Å²) in [4.78, 5) is 16.4. The Kier molecular flexibility index (Phi) is 4.35. The zero-order valence-corrected chi connectivity index (χ0v) is 13.2. The van der Waals surface area contributed by atoms with Crippen LogP contribution in [0.25, 0.3) is 5.65 Å². The number of nitrogens with zero attached hydrogens (tertiary/aromatic N) is 2. The summed E-state index contributed by atoms with van der Waals surface area (Å²) >= 11 is 0. The van der Waals surface area contributed by atoms with E-state index in [4.69, 9.17) is 4.74 Å². The molecular formula is C17H14F3N3O2. The molecule has 8 heteroatoms. The lowest BCUT2D eigenvalue weighted by Crippen LogP contribution is -2.17. The number of ether oxygens (including phenoxy) is 1. The van der Waals surface area contributed by atoms with Gasteiger partial charge in [0.05, 0.1) is 24.8 Å². The fourth-order valence-corrected chi connectivity index (χ4v) is 2.49. The highest BCUT2D eigenvalue weighted by atomic mass is 19.4. The van der Waals surface area contributed by atoms with Gasteiger partial charge in [-0.2, -0.15) is 13.2 Å². The van der Waals surface area contributed by atoms with Crippen molar-refractivity contribution in [2.24, 2.45) is 0 Å². The summed E-state index contributed by atoms with van der Waals surface area (Å²) in [5.74, 6) is 0.146. The van der Waals surface area contributed by atoms with Crippen molar-refractivity contribution < 1.29 is 22.7 Å². The highest BCUT2D eigenvalue weighted by Crippen LogP contribution is 2.30. The number of pyridine rings is 1. The van der Waals surface area contributed by atoms with Gasteiger partial charge < -0.3 is 10.1 Å². The summed E-state index contributed by atoms with van der Waals surface area (Å²) in [7, 11) is 1.50. The van der Waals surface area contributed by atoms with Gasteiger partial charge in [0.25, 0.3) is 0 Å². The van der Waals surface area contributed by atoms with Crippen molar-refractivity contribution in [2.75, 3.05) is 12.4 Å². The molecule has 1 aromatic carbocycles. The number of hydrogen-bond donors (Lipinski definition) is 1. The predicted molar refractivity (Wildman–Crippen MR) is 85.5 cm³/mol. The molecule has 0 aliphatic rings. The van der Waals surface area contributed by atoms with Crippen molar-refractivity contribution in [3.8, 4) is 5.75 Å². The molecule has 0 aliphatic carbocycles. The Morgan fingerprint density at radius 3 is 2.56 bits per heavy atom. The SMILES string of the molecule is COc1ccc2nccn2c1CC(=O)Nc1ccc(C(F)(F)F)cc1. The lowest BCUT2D eigenvalue weighted by atomic mass is 10.2. The van der Waals surface area contributed by atoms with Gasteiger partial charge in [-0.3, -0.25) is 9.20 Å². The van der Waals surface area contributed by atoms with Crippen molar-refractivity contribution in [1.82, 2.24) is 9.38 Å². The van der Waals surface area contributed by atoms with Crippen LogP contribution in [0.5, 0.6) is 5.75 Å². The maximum absolute atomic E-state index is 12.6. The summed E-state index contributed by atoms with van der Waals surface area (Å²) in [6, 6.07) is 7.75. The second kappa shape index (κ2) is 6.46. The molecule has 3 rings (SSSR count). The monoisotopic (exact) mass is 349 g/mol.